The van der Waals surface area contributed by atoms with E-state index in [1.54, 1.807) is 19.9 Å². The highest BCUT2D eigenvalue weighted by molar-refractivity contribution is 7.93. The number of amides is 2. The van der Waals surface area contributed by atoms with E-state index in [9.17, 15) is 14.1 Å². The minimum atomic E-state index is -3.52. The van der Waals surface area contributed by atoms with Crippen LogP contribution in [0, 0.1) is 10.7 Å². The molecule has 4 rings (SSSR count). The Bertz CT molecular complexity index is 1080. The summed E-state index contributed by atoms with van der Waals surface area (Å²) in [6, 6.07) is 6.85. The van der Waals surface area contributed by atoms with Crippen molar-refractivity contribution in [2.75, 3.05) is 5.32 Å². The Kier molecular flexibility index (Phi) is 5.45. The molecule has 1 unspecified atom stereocenters. The molecule has 162 valence electrons. The van der Waals surface area contributed by atoms with Gasteiger partial charge in [0.2, 0.25) is 0 Å². The summed E-state index contributed by atoms with van der Waals surface area (Å²) in [6.45, 7) is 5.47. The van der Waals surface area contributed by atoms with E-state index in [1.165, 1.54) is 30.0 Å². The molecule has 1 heterocycles. The predicted octanol–water partition coefficient (Wildman–Crippen LogP) is 5.12. The Labute approximate surface area is 182 Å². The molecule has 0 spiro atoms. The molecule has 0 saturated heterocycles. The first-order valence-electron chi connectivity index (χ1n) is 10.4. The maximum atomic E-state index is 12.9. The lowest BCUT2D eigenvalue weighted by molar-refractivity contribution is 0.0825. The third-order valence-corrected chi connectivity index (χ3v) is 9.40. The van der Waals surface area contributed by atoms with Gasteiger partial charge in [-0.2, -0.15) is 0 Å². The van der Waals surface area contributed by atoms with Crippen LogP contribution in [-0.2, 0) is 28.4 Å². The van der Waals surface area contributed by atoms with E-state index in [-0.39, 0.29) is 4.21 Å². The number of benzene rings is 1. The van der Waals surface area contributed by atoms with Crippen LogP contribution in [0.4, 0.5) is 10.5 Å². The van der Waals surface area contributed by atoms with Crippen molar-refractivity contribution in [2.45, 2.75) is 68.6 Å². The number of hydrogen-bond acceptors (Lipinski definition) is 5. The predicted molar refractivity (Wildman–Crippen MR) is 120 cm³/mol. The third kappa shape index (κ3) is 4.26. The van der Waals surface area contributed by atoms with E-state index in [2.05, 4.69) is 29.1 Å². The second kappa shape index (κ2) is 7.66. The fourth-order valence-electron chi connectivity index (χ4n) is 4.19. The summed E-state index contributed by atoms with van der Waals surface area (Å²) in [5.74, 6) is 1.01. The summed E-state index contributed by atoms with van der Waals surface area (Å²) in [6.07, 6.45) is 5.43. The quantitative estimate of drug-likeness (QED) is 0.494. The van der Waals surface area contributed by atoms with Crippen molar-refractivity contribution in [1.82, 2.24) is 4.72 Å². The number of nitrogens with one attached hydrogen (secondary N) is 3. The first kappa shape index (κ1) is 21.3. The van der Waals surface area contributed by atoms with Crippen LogP contribution in [0.1, 0.15) is 67.5 Å². The van der Waals surface area contributed by atoms with Crippen LogP contribution in [0.15, 0.2) is 28.5 Å². The van der Waals surface area contributed by atoms with Crippen LogP contribution in [-0.4, -0.2) is 15.3 Å². The summed E-state index contributed by atoms with van der Waals surface area (Å²) in [5.41, 5.74) is 3.31. The van der Waals surface area contributed by atoms with Crippen LogP contribution in [0.3, 0.4) is 0 Å². The van der Waals surface area contributed by atoms with Gasteiger partial charge in [-0.15, -0.1) is 11.3 Å². The standard InChI is InChI=1S/C22H29N3O3S2/c1-13(14-7-8-14)16-10-9-15-5-4-6-17(15)20(16)24-21(26)25-30(23,28)19-12-11-18(29-19)22(2,3)27/h9-14,27H,4-8H2,1-3H3,(H3,23,24,25,26,28)/t13-,30?/m0/s1. The molecule has 1 fully saturated rings. The number of thiophene rings is 1. The molecule has 4 N–H and O–H groups in total. The van der Waals surface area contributed by atoms with Gasteiger partial charge in [0, 0.05) is 10.6 Å². The van der Waals surface area contributed by atoms with Gasteiger partial charge in [0.1, 0.15) is 4.21 Å². The summed E-state index contributed by atoms with van der Waals surface area (Å²) in [7, 11) is -3.52. The molecule has 0 bridgehead atoms. The van der Waals surface area contributed by atoms with Crippen LogP contribution in [0.2, 0.25) is 0 Å². The zero-order valence-electron chi connectivity index (χ0n) is 17.6. The third-order valence-electron chi connectivity index (χ3n) is 6.08. The van der Waals surface area contributed by atoms with E-state index in [0.29, 0.717) is 16.7 Å². The van der Waals surface area contributed by atoms with Crippen LogP contribution in [0.5, 0.6) is 0 Å². The number of aryl methyl sites for hydroxylation is 1. The van der Waals surface area contributed by atoms with Crippen LogP contribution >= 0.6 is 11.3 Å². The van der Waals surface area contributed by atoms with Gasteiger partial charge >= 0.3 is 6.03 Å². The van der Waals surface area contributed by atoms with E-state index in [1.807, 2.05) is 0 Å². The van der Waals surface area contributed by atoms with Gasteiger partial charge in [-0.1, -0.05) is 19.1 Å². The number of urea groups is 1. The summed E-state index contributed by atoms with van der Waals surface area (Å²) in [5, 5.41) is 13.1. The second-order valence-corrected chi connectivity index (χ2v) is 12.0. The van der Waals surface area contributed by atoms with Gasteiger partial charge in [0.25, 0.3) is 0 Å². The van der Waals surface area contributed by atoms with Crippen molar-refractivity contribution >= 4 is 33.0 Å². The largest absolute Gasteiger partial charge is 0.385 e. The lowest BCUT2D eigenvalue weighted by Gasteiger charge is -2.21. The molecule has 2 aliphatic carbocycles. The minimum Gasteiger partial charge on any atom is -0.385 e. The van der Waals surface area contributed by atoms with Gasteiger partial charge in [-0.05, 0) is 86.6 Å². The number of carbonyl (C=O) groups excluding carboxylic acids is 1. The van der Waals surface area contributed by atoms with E-state index in [0.717, 1.165) is 41.9 Å². The molecule has 1 aromatic heterocycles. The van der Waals surface area contributed by atoms with Crippen molar-refractivity contribution in [1.29, 1.82) is 4.78 Å². The van der Waals surface area contributed by atoms with Crippen LogP contribution < -0.4 is 10.0 Å². The topological polar surface area (TPSA) is 102 Å². The average Bonchev–Trinajstić information content (AvgIpc) is 3.16. The fourth-order valence-corrected chi connectivity index (χ4v) is 6.46. The van der Waals surface area contributed by atoms with Crippen molar-refractivity contribution in [3.63, 3.8) is 0 Å². The molecular weight excluding hydrogens is 418 g/mol. The Balaban J connectivity index is 1.57. The highest BCUT2D eigenvalue weighted by atomic mass is 32.2. The molecule has 6 nitrogen and oxygen atoms in total. The first-order valence-corrected chi connectivity index (χ1v) is 12.8. The molecule has 1 aromatic carbocycles. The zero-order valence-corrected chi connectivity index (χ0v) is 19.2. The van der Waals surface area contributed by atoms with Crippen LogP contribution in [0.25, 0.3) is 0 Å². The highest BCUT2D eigenvalue weighted by Gasteiger charge is 2.32. The monoisotopic (exact) mass is 447 g/mol. The smallest absolute Gasteiger partial charge is 0.331 e. The van der Waals surface area contributed by atoms with Crippen molar-refractivity contribution < 1.29 is 14.1 Å². The molecule has 30 heavy (non-hydrogen) atoms. The maximum absolute atomic E-state index is 12.9. The Morgan fingerprint density at radius 3 is 2.63 bits per heavy atom. The summed E-state index contributed by atoms with van der Waals surface area (Å²) < 4.78 is 23.7. The molecule has 0 aliphatic heterocycles. The van der Waals surface area contributed by atoms with Crippen molar-refractivity contribution in [3.05, 3.63) is 45.8 Å². The molecular formula is C22H29N3O3S2. The molecule has 8 heteroatoms. The maximum Gasteiger partial charge on any atom is 0.331 e. The van der Waals surface area contributed by atoms with Gasteiger partial charge < -0.3 is 10.4 Å². The zero-order chi connectivity index (χ0) is 21.7. The molecule has 2 aliphatic rings. The van der Waals surface area contributed by atoms with Gasteiger partial charge in [-0.25, -0.2) is 18.5 Å². The summed E-state index contributed by atoms with van der Waals surface area (Å²) in [4.78, 5) is 13.4. The van der Waals surface area contributed by atoms with Gasteiger partial charge in [0.05, 0.1) is 5.60 Å². The normalized spacial score (nSPS) is 19.1. The first-order chi connectivity index (χ1) is 14.1. The average molecular weight is 448 g/mol. The number of anilines is 1. The van der Waals surface area contributed by atoms with E-state index >= 15 is 0 Å². The Hall–Kier alpha value is -1.90. The molecule has 0 radical (unpaired) electrons. The Morgan fingerprint density at radius 2 is 2.00 bits per heavy atom. The molecule has 2 aromatic rings. The van der Waals surface area contributed by atoms with E-state index < -0.39 is 21.5 Å². The minimum absolute atomic E-state index is 0.222. The van der Waals surface area contributed by atoms with E-state index in [4.69, 9.17) is 4.78 Å². The van der Waals surface area contributed by atoms with Gasteiger partial charge in [0.15, 0.2) is 9.92 Å². The highest BCUT2D eigenvalue weighted by Crippen LogP contribution is 2.46. The van der Waals surface area contributed by atoms with Crippen molar-refractivity contribution in [2.24, 2.45) is 5.92 Å². The molecule has 2 amide bonds. The number of fused-ring (bicyclic) bond motifs is 1. The SMILES string of the molecule is C[C@H](c1ccc2c(c1NC(=O)NS(=N)(=O)c1ccc(C(C)(C)O)s1)CCC2)C1CC1. The summed E-state index contributed by atoms with van der Waals surface area (Å²) >= 11 is 1.08. The van der Waals surface area contributed by atoms with Gasteiger partial charge in [-0.3, -0.25) is 0 Å². The lowest BCUT2D eigenvalue weighted by atomic mass is 9.91. The number of hydrogen-bond donors (Lipinski definition) is 4. The fraction of sp³-hybridized carbons (Fsp3) is 0.500. The molecule has 2 atom stereocenters. The molecule has 1 saturated carbocycles. The Morgan fingerprint density at radius 1 is 1.27 bits per heavy atom. The number of rotatable bonds is 6. The second-order valence-electron chi connectivity index (χ2n) is 8.94. The number of carbonyl (C=O) groups is 1. The van der Waals surface area contributed by atoms with Crippen molar-refractivity contribution in [3.8, 4) is 0 Å². The number of aliphatic hydroxyl groups is 1. The lowest BCUT2D eigenvalue weighted by Crippen LogP contribution is -2.34.